The lowest BCUT2D eigenvalue weighted by molar-refractivity contribution is 0.344. The Hall–Kier alpha value is -0.860. The maximum atomic E-state index is 5.71. The Balaban J connectivity index is 3.03. The van der Waals surface area contributed by atoms with Crippen LogP contribution in [0.3, 0.4) is 0 Å². The first-order valence-corrected chi connectivity index (χ1v) is 6.17. The Kier molecular flexibility index (Phi) is 4.97. The summed E-state index contributed by atoms with van der Waals surface area (Å²) in [6.45, 7) is 8.73. The van der Waals surface area contributed by atoms with Crippen molar-refractivity contribution in [2.24, 2.45) is 11.8 Å². The summed E-state index contributed by atoms with van der Waals surface area (Å²) < 4.78 is 0. The summed E-state index contributed by atoms with van der Waals surface area (Å²) in [5.41, 5.74) is 6.95. The van der Waals surface area contributed by atoms with Crippen LogP contribution in [0.1, 0.15) is 49.4 Å². The lowest BCUT2D eigenvalue weighted by atomic mass is 9.87. The van der Waals surface area contributed by atoms with Crippen LogP contribution in [0.25, 0.3) is 0 Å². The van der Waals surface area contributed by atoms with Crippen molar-refractivity contribution in [3.63, 3.8) is 0 Å². The lowest BCUT2D eigenvalue weighted by Gasteiger charge is -2.26. The highest BCUT2D eigenvalue weighted by atomic mass is 15.2. The van der Waals surface area contributed by atoms with E-state index in [1.807, 2.05) is 0 Å². The highest BCUT2D eigenvalue weighted by Crippen LogP contribution is 2.29. The van der Waals surface area contributed by atoms with Crippen LogP contribution in [0.15, 0.2) is 18.2 Å². The van der Waals surface area contributed by atoms with Gasteiger partial charge in [0.1, 0.15) is 0 Å². The largest absolute Gasteiger partial charge is 0.271 e. The quantitative estimate of drug-likeness (QED) is 0.590. The minimum absolute atomic E-state index is 0.274. The SMILES string of the molecule is CCC(CC)C(NN)c1ccc(C)cc1C. The molecule has 0 saturated heterocycles. The Morgan fingerprint density at radius 2 is 1.81 bits per heavy atom. The Labute approximate surface area is 99.2 Å². The fraction of sp³-hybridized carbons (Fsp3) is 0.571. The van der Waals surface area contributed by atoms with Crippen molar-refractivity contribution >= 4 is 0 Å². The van der Waals surface area contributed by atoms with Gasteiger partial charge < -0.3 is 0 Å². The van der Waals surface area contributed by atoms with Crippen LogP contribution in [0, 0.1) is 19.8 Å². The molecule has 0 spiro atoms. The van der Waals surface area contributed by atoms with Gasteiger partial charge in [-0.15, -0.1) is 0 Å². The Morgan fingerprint density at radius 3 is 2.25 bits per heavy atom. The molecule has 1 atom stereocenters. The minimum atomic E-state index is 0.274. The predicted octanol–water partition coefficient (Wildman–Crippen LogP) is 3.24. The second kappa shape index (κ2) is 6.02. The third kappa shape index (κ3) is 2.83. The Bertz CT molecular complexity index is 330. The molecule has 90 valence electrons. The van der Waals surface area contributed by atoms with E-state index in [4.69, 9.17) is 5.84 Å². The molecule has 0 bridgehead atoms. The Morgan fingerprint density at radius 1 is 1.19 bits per heavy atom. The molecule has 3 N–H and O–H groups in total. The van der Waals surface area contributed by atoms with Crippen molar-refractivity contribution in [3.05, 3.63) is 34.9 Å². The molecule has 0 fully saturated rings. The van der Waals surface area contributed by atoms with Crippen molar-refractivity contribution < 1.29 is 0 Å². The fourth-order valence-electron chi connectivity index (χ4n) is 2.41. The molecule has 16 heavy (non-hydrogen) atoms. The molecule has 2 nitrogen and oxygen atoms in total. The zero-order chi connectivity index (χ0) is 12.1. The maximum Gasteiger partial charge on any atom is 0.0490 e. The van der Waals surface area contributed by atoms with Crippen LogP contribution >= 0.6 is 0 Å². The molecule has 1 unspecified atom stereocenters. The number of hydrogen-bond acceptors (Lipinski definition) is 2. The molecule has 0 saturated carbocycles. The number of hydrogen-bond donors (Lipinski definition) is 2. The summed E-state index contributed by atoms with van der Waals surface area (Å²) >= 11 is 0. The van der Waals surface area contributed by atoms with E-state index in [0.717, 1.165) is 12.8 Å². The van der Waals surface area contributed by atoms with E-state index in [0.29, 0.717) is 5.92 Å². The monoisotopic (exact) mass is 220 g/mol. The summed E-state index contributed by atoms with van der Waals surface area (Å²) in [7, 11) is 0. The van der Waals surface area contributed by atoms with Crippen molar-refractivity contribution in [2.75, 3.05) is 0 Å². The number of nitrogens with two attached hydrogens (primary N) is 1. The predicted molar refractivity (Wildman–Crippen MR) is 70.1 cm³/mol. The third-order valence-corrected chi connectivity index (χ3v) is 3.46. The van der Waals surface area contributed by atoms with E-state index in [9.17, 15) is 0 Å². The molecule has 0 amide bonds. The van der Waals surface area contributed by atoms with E-state index >= 15 is 0 Å². The first-order chi connectivity index (χ1) is 7.63. The van der Waals surface area contributed by atoms with E-state index < -0.39 is 0 Å². The zero-order valence-corrected chi connectivity index (χ0v) is 10.9. The smallest absolute Gasteiger partial charge is 0.0490 e. The van der Waals surface area contributed by atoms with Gasteiger partial charge in [-0.2, -0.15) is 0 Å². The molecule has 1 rings (SSSR count). The van der Waals surface area contributed by atoms with Gasteiger partial charge >= 0.3 is 0 Å². The molecule has 0 radical (unpaired) electrons. The summed E-state index contributed by atoms with van der Waals surface area (Å²) in [5, 5.41) is 0. The number of benzene rings is 1. The molecule has 1 aromatic carbocycles. The van der Waals surface area contributed by atoms with E-state index in [2.05, 4.69) is 51.3 Å². The zero-order valence-electron chi connectivity index (χ0n) is 10.9. The van der Waals surface area contributed by atoms with Crippen LogP contribution in [0.4, 0.5) is 0 Å². The van der Waals surface area contributed by atoms with Crippen molar-refractivity contribution in [3.8, 4) is 0 Å². The fourth-order valence-corrected chi connectivity index (χ4v) is 2.41. The second-order valence-electron chi connectivity index (χ2n) is 4.58. The van der Waals surface area contributed by atoms with Gasteiger partial charge in [0.05, 0.1) is 0 Å². The molecule has 0 aliphatic rings. The van der Waals surface area contributed by atoms with Crippen LogP contribution in [-0.4, -0.2) is 0 Å². The average molecular weight is 220 g/mol. The van der Waals surface area contributed by atoms with E-state index in [1.54, 1.807) is 0 Å². The van der Waals surface area contributed by atoms with Crippen LogP contribution < -0.4 is 11.3 Å². The van der Waals surface area contributed by atoms with Crippen LogP contribution in [0.2, 0.25) is 0 Å². The van der Waals surface area contributed by atoms with Gasteiger partial charge in [-0.25, -0.2) is 0 Å². The summed E-state index contributed by atoms with van der Waals surface area (Å²) in [4.78, 5) is 0. The van der Waals surface area contributed by atoms with Gasteiger partial charge in [-0.3, -0.25) is 11.3 Å². The summed E-state index contributed by atoms with van der Waals surface area (Å²) in [6, 6.07) is 6.86. The average Bonchev–Trinajstić information content (AvgIpc) is 2.27. The van der Waals surface area contributed by atoms with Gasteiger partial charge in [0.25, 0.3) is 0 Å². The molecule has 0 heterocycles. The van der Waals surface area contributed by atoms with Gasteiger partial charge in [0.2, 0.25) is 0 Å². The van der Waals surface area contributed by atoms with Crippen LogP contribution in [0.5, 0.6) is 0 Å². The normalized spacial score (nSPS) is 13.1. The lowest BCUT2D eigenvalue weighted by Crippen LogP contribution is -2.33. The number of aryl methyl sites for hydroxylation is 2. The van der Waals surface area contributed by atoms with Gasteiger partial charge in [-0.1, -0.05) is 50.5 Å². The summed E-state index contributed by atoms with van der Waals surface area (Å²) in [6.07, 6.45) is 2.30. The number of rotatable bonds is 5. The molecule has 0 aliphatic heterocycles. The topological polar surface area (TPSA) is 38.0 Å². The number of nitrogens with one attached hydrogen (secondary N) is 1. The van der Waals surface area contributed by atoms with Gasteiger partial charge in [0.15, 0.2) is 0 Å². The van der Waals surface area contributed by atoms with Crippen molar-refractivity contribution in [2.45, 2.75) is 46.6 Å². The second-order valence-corrected chi connectivity index (χ2v) is 4.58. The molecule has 2 heteroatoms. The first kappa shape index (κ1) is 13.2. The van der Waals surface area contributed by atoms with E-state index in [-0.39, 0.29) is 6.04 Å². The van der Waals surface area contributed by atoms with Gasteiger partial charge in [0, 0.05) is 6.04 Å². The van der Waals surface area contributed by atoms with E-state index in [1.165, 1.54) is 16.7 Å². The minimum Gasteiger partial charge on any atom is -0.271 e. The molecular formula is C14H24N2. The molecule has 1 aromatic rings. The number of hydrazine groups is 1. The first-order valence-electron chi connectivity index (χ1n) is 6.17. The van der Waals surface area contributed by atoms with Gasteiger partial charge in [-0.05, 0) is 30.9 Å². The highest BCUT2D eigenvalue weighted by Gasteiger charge is 2.20. The van der Waals surface area contributed by atoms with Crippen LogP contribution in [-0.2, 0) is 0 Å². The molecule has 0 aromatic heterocycles. The highest BCUT2D eigenvalue weighted by molar-refractivity contribution is 5.33. The standard InChI is InChI=1S/C14H24N2/c1-5-12(6-2)14(16-15)13-8-7-10(3)9-11(13)4/h7-9,12,14,16H,5-6,15H2,1-4H3. The third-order valence-electron chi connectivity index (χ3n) is 3.46. The molecule has 0 aliphatic carbocycles. The maximum absolute atomic E-state index is 5.71. The van der Waals surface area contributed by atoms with Crippen molar-refractivity contribution in [1.82, 2.24) is 5.43 Å². The summed E-state index contributed by atoms with van der Waals surface area (Å²) in [5.74, 6) is 6.32. The molecular weight excluding hydrogens is 196 g/mol. The van der Waals surface area contributed by atoms with Crippen molar-refractivity contribution in [1.29, 1.82) is 0 Å².